The van der Waals surface area contributed by atoms with Crippen molar-refractivity contribution in [2.75, 3.05) is 35.9 Å². The highest BCUT2D eigenvalue weighted by Gasteiger charge is 2.13. The predicted molar refractivity (Wildman–Crippen MR) is 82.9 cm³/mol. The van der Waals surface area contributed by atoms with Gasteiger partial charge in [-0.15, -0.1) is 0 Å². The van der Waals surface area contributed by atoms with Gasteiger partial charge in [0.1, 0.15) is 0 Å². The first-order valence-electron chi connectivity index (χ1n) is 6.69. The Morgan fingerprint density at radius 3 is 2.48 bits per heavy atom. The fourth-order valence-corrected chi connectivity index (χ4v) is 1.77. The number of nitrogen functional groups attached to an aromatic ring is 1. The minimum absolute atomic E-state index is 0.336. The van der Waals surface area contributed by atoms with Gasteiger partial charge in [-0.25, -0.2) is 5.84 Å². The SMILES string of the molecule is CCN(Cc1ccccn1)c1nc(NN)nc(N(C)C)n1. The molecule has 8 heteroatoms. The molecule has 0 fully saturated rings. The van der Waals surface area contributed by atoms with Crippen LogP contribution in [0.2, 0.25) is 0 Å². The van der Waals surface area contributed by atoms with Crippen molar-refractivity contribution in [3.05, 3.63) is 30.1 Å². The Kier molecular flexibility index (Phi) is 4.83. The fraction of sp³-hybridized carbons (Fsp3) is 0.385. The quantitative estimate of drug-likeness (QED) is 0.590. The summed E-state index contributed by atoms with van der Waals surface area (Å²) >= 11 is 0. The van der Waals surface area contributed by atoms with Crippen molar-refractivity contribution in [1.29, 1.82) is 0 Å². The maximum atomic E-state index is 5.43. The number of aromatic nitrogens is 4. The van der Waals surface area contributed by atoms with Gasteiger partial charge in [-0.05, 0) is 19.1 Å². The molecule has 0 aliphatic carbocycles. The van der Waals surface area contributed by atoms with E-state index in [2.05, 4.69) is 25.4 Å². The lowest BCUT2D eigenvalue weighted by Crippen LogP contribution is -2.27. The summed E-state index contributed by atoms with van der Waals surface area (Å²) in [6, 6.07) is 5.82. The normalized spacial score (nSPS) is 10.3. The van der Waals surface area contributed by atoms with Crippen molar-refractivity contribution in [1.82, 2.24) is 19.9 Å². The van der Waals surface area contributed by atoms with Crippen LogP contribution in [0, 0.1) is 0 Å². The van der Waals surface area contributed by atoms with E-state index in [1.54, 1.807) is 11.1 Å². The number of nitrogens with zero attached hydrogens (tertiary/aromatic N) is 6. The lowest BCUT2D eigenvalue weighted by molar-refractivity contribution is 0.765. The molecule has 0 spiro atoms. The van der Waals surface area contributed by atoms with Crippen LogP contribution < -0.4 is 21.1 Å². The van der Waals surface area contributed by atoms with E-state index in [0.717, 1.165) is 12.2 Å². The Balaban J connectivity index is 2.30. The topological polar surface area (TPSA) is 96.1 Å². The van der Waals surface area contributed by atoms with Gasteiger partial charge < -0.3 is 9.80 Å². The van der Waals surface area contributed by atoms with Crippen LogP contribution in [0.25, 0.3) is 0 Å². The molecular formula is C13H20N8. The van der Waals surface area contributed by atoms with Crippen molar-refractivity contribution in [2.45, 2.75) is 13.5 Å². The van der Waals surface area contributed by atoms with Gasteiger partial charge in [0.15, 0.2) is 0 Å². The van der Waals surface area contributed by atoms with Crippen LogP contribution in [0.15, 0.2) is 24.4 Å². The Labute approximate surface area is 124 Å². The molecule has 2 aromatic heterocycles. The van der Waals surface area contributed by atoms with Gasteiger partial charge in [0.2, 0.25) is 17.8 Å². The Bertz CT molecular complexity index is 572. The van der Waals surface area contributed by atoms with Crippen molar-refractivity contribution in [3.8, 4) is 0 Å². The number of hydrogen-bond acceptors (Lipinski definition) is 8. The number of rotatable bonds is 6. The maximum absolute atomic E-state index is 5.43. The van der Waals surface area contributed by atoms with Crippen molar-refractivity contribution < 1.29 is 0 Å². The third kappa shape index (κ3) is 3.76. The Morgan fingerprint density at radius 2 is 1.90 bits per heavy atom. The van der Waals surface area contributed by atoms with E-state index in [0.29, 0.717) is 24.4 Å². The Hall–Kier alpha value is -2.48. The zero-order valence-corrected chi connectivity index (χ0v) is 12.5. The summed E-state index contributed by atoms with van der Waals surface area (Å²) in [5, 5.41) is 0. The number of hydrogen-bond donors (Lipinski definition) is 2. The van der Waals surface area contributed by atoms with E-state index in [-0.39, 0.29) is 0 Å². The summed E-state index contributed by atoms with van der Waals surface area (Å²) in [7, 11) is 3.74. The van der Waals surface area contributed by atoms with E-state index in [4.69, 9.17) is 5.84 Å². The smallest absolute Gasteiger partial charge is 0.243 e. The first-order valence-corrected chi connectivity index (χ1v) is 6.69. The van der Waals surface area contributed by atoms with Crippen molar-refractivity contribution >= 4 is 17.8 Å². The molecule has 0 radical (unpaired) electrons. The van der Waals surface area contributed by atoms with Crippen molar-refractivity contribution in [2.24, 2.45) is 5.84 Å². The lowest BCUT2D eigenvalue weighted by atomic mass is 10.3. The molecule has 3 N–H and O–H groups in total. The zero-order valence-electron chi connectivity index (χ0n) is 12.5. The summed E-state index contributed by atoms with van der Waals surface area (Å²) in [4.78, 5) is 21.1. The fourth-order valence-electron chi connectivity index (χ4n) is 1.77. The van der Waals surface area contributed by atoms with Crippen LogP contribution in [0.5, 0.6) is 0 Å². The molecule has 2 aromatic rings. The molecule has 0 atom stereocenters. The van der Waals surface area contributed by atoms with Gasteiger partial charge in [0.25, 0.3) is 0 Å². The van der Waals surface area contributed by atoms with Crippen LogP contribution in [0.1, 0.15) is 12.6 Å². The molecule has 2 heterocycles. The molecule has 0 saturated carbocycles. The first-order chi connectivity index (χ1) is 10.1. The number of hydrazine groups is 1. The average molecular weight is 288 g/mol. The van der Waals surface area contributed by atoms with Crippen LogP contribution in [0.4, 0.5) is 17.8 Å². The summed E-state index contributed by atoms with van der Waals surface area (Å²) in [6.07, 6.45) is 1.77. The van der Waals surface area contributed by atoms with Crippen molar-refractivity contribution in [3.63, 3.8) is 0 Å². The monoisotopic (exact) mass is 288 g/mol. The van der Waals surface area contributed by atoms with Gasteiger partial charge >= 0.3 is 0 Å². The van der Waals surface area contributed by atoms with Gasteiger partial charge in [0, 0.05) is 26.8 Å². The largest absolute Gasteiger partial charge is 0.347 e. The molecule has 0 aromatic carbocycles. The minimum Gasteiger partial charge on any atom is -0.347 e. The average Bonchev–Trinajstić information content (AvgIpc) is 2.53. The van der Waals surface area contributed by atoms with E-state index in [1.807, 2.05) is 44.1 Å². The van der Waals surface area contributed by atoms with E-state index in [9.17, 15) is 0 Å². The third-order valence-electron chi connectivity index (χ3n) is 2.88. The summed E-state index contributed by atoms with van der Waals surface area (Å²) in [6.45, 7) is 3.41. The third-order valence-corrected chi connectivity index (χ3v) is 2.88. The van der Waals surface area contributed by atoms with Crippen LogP contribution in [-0.2, 0) is 6.54 Å². The van der Waals surface area contributed by atoms with Gasteiger partial charge in [-0.1, -0.05) is 6.07 Å². The molecule has 112 valence electrons. The molecule has 0 amide bonds. The standard InChI is InChI=1S/C13H20N8/c1-4-21(9-10-7-5-6-8-15-10)13-17-11(19-14)16-12(18-13)20(2)3/h5-8H,4,9,14H2,1-3H3,(H,16,17,18,19). The number of pyridine rings is 1. The molecular weight excluding hydrogens is 268 g/mol. The molecule has 0 aliphatic rings. The molecule has 0 saturated heterocycles. The van der Waals surface area contributed by atoms with Gasteiger partial charge in [0.05, 0.1) is 12.2 Å². The van der Waals surface area contributed by atoms with E-state index >= 15 is 0 Å². The number of anilines is 3. The predicted octanol–water partition coefficient (Wildman–Crippen LogP) is 0.645. The maximum Gasteiger partial charge on any atom is 0.243 e. The molecule has 21 heavy (non-hydrogen) atoms. The second-order valence-corrected chi connectivity index (χ2v) is 4.63. The molecule has 0 unspecified atom stereocenters. The first kappa shape index (κ1) is 14.9. The Morgan fingerprint density at radius 1 is 1.14 bits per heavy atom. The van der Waals surface area contributed by atoms with E-state index < -0.39 is 0 Å². The highest BCUT2D eigenvalue weighted by atomic mass is 15.4. The van der Waals surface area contributed by atoms with Gasteiger partial charge in [-0.3, -0.25) is 10.4 Å². The second kappa shape index (κ2) is 6.80. The molecule has 0 aliphatic heterocycles. The minimum atomic E-state index is 0.336. The molecule has 2 rings (SSSR count). The summed E-state index contributed by atoms with van der Waals surface area (Å²) in [5.41, 5.74) is 3.43. The van der Waals surface area contributed by atoms with Crippen LogP contribution in [-0.4, -0.2) is 40.6 Å². The summed E-state index contributed by atoms with van der Waals surface area (Å²) < 4.78 is 0. The van der Waals surface area contributed by atoms with Crippen LogP contribution >= 0.6 is 0 Å². The summed E-state index contributed by atoms with van der Waals surface area (Å²) in [5.74, 6) is 6.88. The highest BCUT2D eigenvalue weighted by molar-refractivity contribution is 5.44. The number of nitrogens with one attached hydrogen (secondary N) is 1. The van der Waals surface area contributed by atoms with E-state index in [1.165, 1.54) is 0 Å². The molecule has 8 nitrogen and oxygen atoms in total. The highest BCUT2D eigenvalue weighted by Crippen LogP contribution is 2.16. The number of nitrogens with two attached hydrogens (primary N) is 1. The zero-order chi connectivity index (χ0) is 15.2. The van der Waals surface area contributed by atoms with Gasteiger partial charge in [-0.2, -0.15) is 15.0 Å². The van der Waals surface area contributed by atoms with Crippen LogP contribution in [0.3, 0.4) is 0 Å². The lowest BCUT2D eigenvalue weighted by Gasteiger charge is -2.22. The molecule has 0 bridgehead atoms. The second-order valence-electron chi connectivity index (χ2n) is 4.63.